The summed E-state index contributed by atoms with van der Waals surface area (Å²) < 4.78 is 0. The first-order valence-corrected chi connectivity index (χ1v) is 7.89. The van der Waals surface area contributed by atoms with E-state index in [1.165, 1.54) is 19.3 Å². The van der Waals surface area contributed by atoms with Gasteiger partial charge in [-0.15, -0.1) is 0 Å². The van der Waals surface area contributed by atoms with Crippen LogP contribution in [0.3, 0.4) is 0 Å². The predicted octanol–water partition coefficient (Wildman–Crippen LogP) is 3.48. The van der Waals surface area contributed by atoms with Crippen LogP contribution < -0.4 is 10.2 Å². The van der Waals surface area contributed by atoms with E-state index in [-0.39, 0.29) is 0 Å². The number of aryl methyl sites for hydroxylation is 1. The summed E-state index contributed by atoms with van der Waals surface area (Å²) in [6.45, 7) is 12.0. The Kier molecular flexibility index (Phi) is 5.21. The molecule has 0 radical (unpaired) electrons. The molecule has 1 N–H and O–H groups in total. The van der Waals surface area contributed by atoms with Crippen LogP contribution in [0, 0.1) is 18.8 Å². The van der Waals surface area contributed by atoms with Gasteiger partial charge in [-0.2, -0.15) is 4.98 Å². The van der Waals surface area contributed by atoms with Crippen LogP contribution in [-0.4, -0.2) is 29.6 Å². The first kappa shape index (κ1) is 15.1. The highest BCUT2D eigenvalue weighted by atomic mass is 15.3. The molecule has 1 aromatic heterocycles. The molecule has 1 saturated heterocycles. The zero-order valence-corrected chi connectivity index (χ0v) is 13.3. The topological polar surface area (TPSA) is 41.1 Å². The second kappa shape index (κ2) is 6.91. The minimum absolute atomic E-state index is 0.716. The highest BCUT2D eigenvalue weighted by Gasteiger charge is 2.18. The second-order valence-corrected chi connectivity index (χ2v) is 6.47. The SMILES string of the molecule is Cc1cc(NCCC(C)C)nc(N2CCC(C)CC2)n1. The lowest BCUT2D eigenvalue weighted by Gasteiger charge is -2.30. The Labute approximate surface area is 123 Å². The summed E-state index contributed by atoms with van der Waals surface area (Å²) in [6.07, 6.45) is 3.65. The van der Waals surface area contributed by atoms with Crippen molar-refractivity contribution in [3.63, 3.8) is 0 Å². The van der Waals surface area contributed by atoms with Gasteiger partial charge < -0.3 is 10.2 Å². The lowest BCUT2D eigenvalue weighted by Crippen LogP contribution is -2.34. The van der Waals surface area contributed by atoms with Crippen LogP contribution in [0.15, 0.2) is 6.07 Å². The number of nitrogens with zero attached hydrogens (tertiary/aromatic N) is 3. The molecule has 4 heteroatoms. The van der Waals surface area contributed by atoms with Gasteiger partial charge in [0.25, 0.3) is 0 Å². The van der Waals surface area contributed by atoms with Gasteiger partial charge in [0.05, 0.1) is 0 Å². The van der Waals surface area contributed by atoms with Gasteiger partial charge in [-0.1, -0.05) is 20.8 Å². The smallest absolute Gasteiger partial charge is 0.227 e. The molecule has 1 aliphatic rings. The number of anilines is 2. The molecule has 1 aromatic rings. The molecule has 2 heterocycles. The summed E-state index contributed by atoms with van der Waals surface area (Å²) in [7, 11) is 0. The number of nitrogens with one attached hydrogen (secondary N) is 1. The molecule has 4 nitrogen and oxygen atoms in total. The normalized spacial score (nSPS) is 16.8. The molecular weight excluding hydrogens is 248 g/mol. The minimum Gasteiger partial charge on any atom is -0.370 e. The van der Waals surface area contributed by atoms with Crippen LogP contribution in [0.5, 0.6) is 0 Å². The number of hydrogen-bond donors (Lipinski definition) is 1. The molecule has 2 rings (SSSR count). The average molecular weight is 276 g/mol. The molecule has 112 valence electrons. The minimum atomic E-state index is 0.716. The molecule has 0 unspecified atom stereocenters. The molecule has 0 bridgehead atoms. The van der Waals surface area contributed by atoms with Crippen LogP contribution in [0.2, 0.25) is 0 Å². The van der Waals surface area contributed by atoms with Crippen molar-refractivity contribution >= 4 is 11.8 Å². The summed E-state index contributed by atoms with van der Waals surface area (Å²) in [5.74, 6) is 3.41. The van der Waals surface area contributed by atoms with Crippen LogP contribution in [0.25, 0.3) is 0 Å². The molecule has 1 aliphatic heterocycles. The van der Waals surface area contributed by atoms with Gasteiger partial charge >= 0.3 is 0 Å². The van der Waals surface area contributed by atoms with E-state index in [2.05, 4.69) is 41.0 Å². The van der Waals surface area contributed by atoms with Gasteiger partial charge in [0.15, 0.2) is 0 Å². The second-order valence-electron chi connectivity index (χ2n) is 6.47. The van der Waals surface area contributed by atoms with E-state index in [4.69, 9.17) is 0 Å². The number of piperidine rings is 1. The Balaban J connectivity index is 2.00. The molecule has 0 aromatic carbocycles. The quantitative estimate of drug-likeness (QED) is 0.894. The van der Waals surface area contributed by atoms with Gasteiger partial charge in [-0.05, 0) is 38.0 Å². The standard InChI is InChI=1S/C16H28N4/c1-12(2)5-8-17-15-11-14(4)18-16(19-15)20-9-6-13(3)7-10-20/h11-13H,5-10H2,1-4H3,(H,17,18,19). The third-order valence-corrected chi connectivity index (χ3v) is 3.94. The lowest BCUT2D eigenvalue weighted by atomic mass is 10.00. The van der Waals surface area contributed by atoms with E-state index in [9.17, 15) is 0 Å². The van der Waals surface area contributed by atoms with E-state index < -0.39 is 0 Å². The fourth-order valence-corrected chi connectivity index (χ4v) is 2.48. The zero-order valence-electron chi connectivity index (χ0n) is 13.3. The third kappa shape index (κ3) is 4.36. The third-order valence-electron chi connectivity index (χ3n) is 3.94. The van der Waals surface area contributed by atoms with Gasteiger partial charge in [0.1, 0.15) is 5.82 Å². The molecule has 20 heavy (non-hydrogen) atoms. The van der Waals surface area contributed by atoms with Crippen molar-refractivity contribution in [1.82, 2.24) is 9.97 Å². The summed E-state index contributed by atoms with van der Waals surface area (Å²) >= 11 is 0. The first-order chi connectivity index (χ1) is 9.54. The number of hydrogen-bond acceptors (Lipinski definition) is 4. The number of rotatable bonds is 5. The Morgan fingerprint density at radius 2 is 2.00 bits per heavy atom. The molecule has 0 aliphatic carbocycles. The van der Waals surface area contributed by atoms with Gasteiger partial charge in [0.2, 0.25) is 5.95 Å². The fourth-order valence-electron chi connectivity index (χ4n) is 2.48. The maximum atomic E-state index is 4.68. The van der Waals surface area contributed by atoms with Crippen molar-refractivity contribution in [3.8, 4) is 0 Å². The number of aromatic nitrogens is 2. The van der Waals surface area contributed by atoms with Gasteiger partial charge in [-0.25, -0.2) is 4.98 Å². The first-order valence-electron chi connectivity index (χ1n) is 7.89. The highest BCUT2D eigenvalue weighted by Crippen LogP contribution is 2.21. The van der Waals surface area contributed by atoms with Crippen molar-refractivity contribution in [2.75, 3.05) is 29.9 Å². The maximum absolute atomic E-state index is 4.68. The summed E-state index contributed by atoms with van der Waals surface area (Å²) in [5.41, 5.74) is 1.04. The molecule has 0 saturated carbocycles. The van der Waals surface area contributed by atoms with Crippen molar-refractivity contribution in [2.45, 2.75) is 47.0 Å². The fraction of sp³-hybridized carbons (Fsp3) is 0.750. The largest absolute Gasteiger partial charge is 0.370 e. The zero-order chi connectivity index (χ0) is 14.5. The van der Waals surface area contributed by atoms with Crippen LogP contribution in [-0.2, 0) is 0 Å². The summed E-state index contributed by atoms with van der Waals surface area (Å²) in [5, 5.41) is 3.43. The van der Waals surface area contributed by atoms with E-state index in [1.807, 2.05) is 13.0 Å². The lowest BCUT2D eigenvalue weighted by molar-refractivity contribution is 0.434. The van der Waals surface area contributed by atoms with Crippen LogP contribution in [0.4, 0.5) is 11.8 Å². The van der Waals surface area contributed by atoms with E-state index in [0.29, 0.717) is 5.92 Å². The van der Waals surface area contributed by atoms with E-state index in [0.717, 1.165) is 43.0 Å². The molecule has 0 amide bonds. The molecule has 0 spiro atoms. The molecular formula is C16H28N4. The highest BCUT2D eigenvalue weighted by molar-refractivity contribution is 5.43. The maximum Gasteiger partial charge on any atom is 0.227 e. The Hall–Kier alpha value is -1.32. The van der Waals surface area contributed by atoms with Gasteiger partial charge in [-0.3, -0.25) is 0 Å². The van der Waals surface area contributed by atoms with E-state index >= 15 is 0 Å². The Morgan fingerprint density at radius 3 is 2.65 bits per heavy atom. The van der Waals surface area contributed by atoms with Crippen LogP contribution >= 0.6 is 0 Å². The van der Waals surface area contributed by atoms with Crippen molar-refractivity contribution in [1.29, 1.82) is 0 Å². The van der Waals surface area contributed by atoms with Crippen molar-refractivity contribution < 1.29 is 0 Å². The average Bonchev–Trinajstić information content (AvgIpc) is 2.38. The van der Waals surface area contributed by atoms with Crippen molar-refractivity contribution in [2.24, 2.45) is 11.8 Å². The Bertz CT molecular complexity index is 422. The van der Waals surface area contributed by atoms with E-state index in [1.54, 1.807) is 0 Å². The summed E-state index contributed by atoms with van der Waals surface area (Å²) in [6, 6.07) is 2.04. The van der Waals surface area contributed by atoms with Gasteiger partial charge in [0, 0.05) is 31.4 Å². The molecule has 0 atom stereocenters. The summed E-state index contributed by atoms with van der Waals surface area (Å²) in [4.78, 5) is 11.6. The predicted molar refractivity (Wildman–Crippen MR) is 85.3 cm³/mol. The molecule has 1 fully saturated rings. The Morgan fingerprint density at radius 1 is 1.30 bits per heavy atom. The van der Waals surface area contributed by atoms with Crippen LogP contribution in [0.1, 0.15) is 45.7 Å². The monoisotopic (exact) mass is 276 g/mol. The van der Waals surface area contributed by atoms with Crippen molar-refractivity contribution in [3.05, 3.63) is 11.8 Å².